The van der Waals surface area contributed by atoms with Crippen LogP contribution in [-0.4, -0.2) is 10.2 Å². The number of aromatic nitrogens is 2. The van der Waals surface area contributed by atoms with E-state index in [9.17, 15) is 0 Å². The highest BCUT2D eigenvalue weighted by molar-refractivity contribution is 7.12. The van der Waals surface area contributed by atoms with E-state index in [1.54, 1.807) is 23.7 Å². The van der Waals surface area contributed by atoms with Crippen LogP contribution in [0, 0.1) is 6.92 Å². The lowest BCUT2D eigenvalue weighted by atomic mass is 10.1. The van der Waals surface area contributed by atoms with E-state index in [4.69, 9.17) is 5.84 Å². The third-order valence-corrected chi connectivity index (χ3v) is 3.22. The number of nitrogens with zero attached hydrogens (tertiary/aromatic N) is 2. The Hall–Kier alpha value is -1.30. The van der Waals surface area contributed by atoms with Crippen LogP contribution in [0.1, 0.15) is 21.4 Å². The standard InChI is InChI=1S/C10H12N4S/c1-7-2-3-9(15-7)10(14-11)8-4-5-12-13-6-8/h2-6,10,14H,11H2,1H3. The second kappa shape index (κ2) is 4.48. The largest absolute Gasteiger partial charge is 0.271 e. The summed E-state index contributed by atoms with van der Waals surface area (Å²) in [5.74, 6) is 5.55. The number of hydrogen-bond acceptors (Lipinski definition) is 5. The first-order valence-electron chi connectivity index (χ1n) is 4.60. The van der Waals surface area contributed by atoms with E-state index in [0.717, 1.165) is 5.56 Å². The summed E-state index contributed by atoms with van der Waals surface area (Å²) in [6.07, 6.45) is 3.39. The molecule has 78 valence electrons. The third-order valence-electron chi connectivity index (χ3n) is 2.15. The van der Waals surface area contributed by atoms with Crippen LogP contribution >= 0.6 is 11.3 Å². The molecule has 5 heteroatoms. The zero-order valence-electron chi connectivity index (χ0n) is 8.34. The van der Waals surface area contributed by atoms with Gasteiger partial charge in [-0.25, -0.2) is 5.43 Å². The molecule has 2 heterocycles. The van der Waals surface area contributed by atoms with E-state index in [2.05, 4.69) is 34.7 Å². The van der Waals surface area contributed by atoms with Gasteiger partial charge in [-0.2, -0.15) is 10.2 Å². The van der Waals surface area contributed by atoms with Gasteiger partial charge in [-0.3, -0.25) is 5.84 Å². The first-order chi connectivity index (χ1) is 7.31. The lowest BCUT2D eigenvalue weighted by Crippen LogP contribution is -2.28. The predicted octanol–water partition coefficient (Wildman–Crippen LogP) is 1.40. The first-order valence-corrected chi connectivity index (χ1v) is 5.42. The van der Waals surface area contributed by atoms with Gasteiger partial charge in [0, 0.05) is 16.0 Å². The van der Waals surface area contributed by atoms with Crippen LogP contribution in [0.15, 0.2) is 30.6 Å². The second-order valence-corrected chi connectivity index (χ2v) is 4.54. The summed E-state index contributed by atoms with van der Waals surface area (Å²) in [5, 5.41) is 7.59. The van der Waals surface area contributed by atoms with Gasteiger partial charge in [0.1, 0.15) is 0 Å². The molecular formula is C10H12N4S. The first kappa shape index (κ1) is 10.2. The molecule has 0 radical (unpaired) electrons. The minimum Gasteiger partial charge on any atom is -0.271 e. The number of rotatable bonds is 3. The molecule has 2 rings (SSSR count). The number of hydrogen-bond donors (Lipinski definition) is 2. The molecule has 0 fully saturated rings. The van der Waals surface area contributed by atoms with Crippen LogP contribution in [0.3, 0.4) is 0 Å². The average Bonchev–Trinajstić information content (AvgIpc) is 2.68. The van der Waals surface area contributed by atoms with Crippen molar-refractivity contribution in [1.29, 1.82) is 0 Å². The van der Waals surface area contributed by atoms with E-state index >= 15 is 0 Å². The van der Waals surface area contributed by atoms with Crippen LogP contribution in [0.25, 0.3) is 0 Å². The van der Waals surface area contributed by atoms with Crippen molar-refractivity contribution in [1.82, 2.24) is 15.6 Å². The zero-order valence-corrected chi connectivity index (χ0v) is 9.16. The zero-order chi connectivity index (χ0) is 10.7. The molecular weight excluding hydrogens is 208 g/mol. The Bertz CT molecular complexity index is 426. The summed E-state index contributed by atoms with van der Waals surface area (Å²) in [7, 11) is 0. The summed E-state index contributed by atoms with van der Waals surface area (Å²) in [6.45, 7) is 2.08. The van der Waals surface area contributed by atoms with Gasteiger partial charge >= 0.3 is 0 Å². The van der Waals surface area contributed by atoms with Crippen molar-refractivity contribution in [2.75, 3.05) is 0 Å². The van der Waals surface area contributed by atoms with Gasteiger partial charge in [0.05, 0.1) is 12.2 Å². The van der Waals surface area contributed by atoms with Gasteiger partial charge in [0.25, 0.3) is 0 Å². The Labute approximate surface area is 92.1 Å². The molecule has 0 aliphatic rings. The van der Waals surface area contributed by atoms with Crippen LogP contribution in [0.5, 0.6) is 0 Å². The quantitative estimate of drug-likeness (QED) is 0.606. The van der Waals surface area contributed by atoms with Crippen LogP contribution in [0.2, 0.25) is 0 Å². The highest BCUT2D eigenvalue weighted by atomic mass is 32.1. The monoisotopic (exact) mass is 220 g/mol. The van der Waals surface area contributed by atoms with Crippen molar-refractivity contribution in [3.63, 3.8) is 0 Å². The van der Waals surface area contributed by atoms with Crippen molar-refractivity contribution in [3.8, 4) is 0 Å². The molecule has 0 amide bonds. The van der Waals surface area contributed by atoms with E-state index in [1.807, 2.05) is 6.07 Å². The van der Waals surface area contributed by atoms with Gasteiger partial charge in [0.15, 0.2) is 0 Å². The maximum Gasteiger partial charge on any atom is 0.0818 e. The van der Waals surface area contributed by atoms with Crippen LogP contribution in [0.4, 0.5) is 0 Å². The van der Waals surface area contributed by atoms with Gasteiger partial charge in [-0.15, -0.1) is 11.3 Å². The molecule has 0 aliphatic heterocycles. The van der Waals surface area contributed by atoms with E-state index in [1.165, 1.54) is 9.75 Å². The van der Waals surface area contributed by atoms with E-state index in [0.29, 0.717) is 0 Å². The Balaban J connectivity index is 2.33. The van der Waals surface area contributed by atoms with Crippen LogP contribution in [-0.2, 0) is 0 Å². The highest BCUT2D eigenvalue weighted by Crippen LogP contribution is 2.26. The predicted molar refractivity (Wildman–Crippen MR) is 60.3 cm³/mol. The molecule has 1 unspecified atom stereocenters. The fraction of sp³-hybridized carbons (Fsp3) is 0.200. The molecule has 0 aromatic carbocycles. The summed E-state index contributed by atoms with van der Waals surface area (Å²) in [5.41, 5.74) is 3.81. The molecule has 1 atom stereocenters. The summed E-state index contributed by atoms with van der Waals surface area (Å²) in [4.78, 5) is 2.45. The number of nitrogens with two attached hydrogens (primary N) is 1. The van der Waals surface area contributed by atoms with Gasteiger partial charge in [0.2, 0.25) is 0 Å². The maximum absolute atomic E-state index is 5.55. The van der Waals surface area contributed by atoms with E-state index < -0.39 is 0 Å². The Morgan fingerprint density at radius 1 is 1.33 bits per heavy atom. The molecule has 0 bridgehead atoms. The van der Waals surface area contributed by atoms with Crippen LogP contribution < -0.4 is 11.3 Å². The maximum atomic E-state index is 5.55. The normalized spacial score (nSPS) is 12.7. The number of hydrazine groups is 1. The molecule has 3 N–H and O–H groups in total. The molecule has 15 heavy (non-hydrogen) atoms. The molecule has 0 saturated heterocycles. The second-order valence-electron chi connectivity index (χ2n) is 3.22. The number of aryl methyl sites for hydroxylation is 1. The summed E-state index contributed by atoms with van der Waals surface area (Å²) in [6, 6.07) is 6.07. The molecule has 0 spiro atoms. The molecule has 4 nitrogen and oxygen atoms in total. The SMILES string of the molecule is Cc1ccc(C(NN)c2ccnnc2)s1. The topological polar surface area (TPSA) is 63.8 Å². The molecule has 0 aliphatic carbocycles. The molecule has 0 saturated carbocycles. The minimum absolute atomic E-state index is 0.000741. The van der Waals surface area contributed by atoms with Gasteiger partial charge in [-0.1, -0.05) is 0 Å². The smallest absolute Gasteiger partial charge is 0.0818 e. The van der Waals surface area contributed by atoms with Gasteiger partial charge < -0.3 is 0 Å². The minimum atomic E-state index is -0.000741. The van der Waals surface area contributed by atoms with E-state index in [-0.39, 0.29) is 6.04 Å². The molecule has 2 aromatic heterocycles. The van der Waals surface area contributed by atoms with Crippen molar-refractivity contribution in [2.45, 2.75) is 13.0 Å². The summed E-state index contributed by atoms with van der Waals surface area (Å²) < 4.78 is 0. The van der Waals surface area contributed by atoms with Crippen molar-refractivity contribution in [2.24, 2.45) is 5.84 Å². The van der Waals surface area contributed by atoms with Gasteiger partial charge in [-0.05, 0) is 30.7 Å². The average molecular weight is 220 g/mol. The number of thiophene rings is 1. The summed E-state index contributed by atoms with van der Waals surface area (Å²) >= 11 is 1.72. The highest BCUT2D eigenvalue weighted by Gasteiger charge is 2.13. The lowest BCUT2D eigenvalue weighted by Gasteiger charge is -2.13. The Morgan fingerprint density at radius 3 is 2.73 bits per heavy atom. The van der Waals surface area contributed by atoms with Crippen molar-refractivity contribution < 1.29 is 0 Å². The fourth-order valence-electron chi connectivity index (χ4n) is 1.42. The Morgan fingerprint density at radius 2 is 2.20 bits per heavy atom. The Kier molecular flexibility index (Phi) is 3.05. The fourth-order valence-corrected chi connectivity index (χ4v) is 2.39. The molecule has 2 aromatic rings. The third kappa shape index (κ3) is 2.20. The lowest BCUT2D eigenvalue weighted by molar-refractivity contribution is 0.641. The van der Waals surface area contributed by atoms with Crippen molar-refractivity contribution in [3.05, 3.63) is 45.9 Å². The number of nitrogens with one attached hydrogen (secondary N) is 1. The van der Waals surface area contributed by atoms with Crippen molar-refractivity contribution >= 4 is 11.3 Å².